The summed E-state index contributed by atoms with van der Waals surface area (Å²) in [6.07, 6.45) is 3.87. The van der Waals surface area contributed by atoms with E-state index in [1.165, 1.54) is 10.7 Å². The topological polar surface area (TPSA) is 51.2 Å². The van der Waals surface area contributed by atoms with Gasteiger partial charge in [-0.25, -0.2) is 4.79 Å². The second-order valence-corrected chi connectivity index (χ2v) is 7.21. The number of ether oxygens (including phenoxy) is 1. The highest BCUT2D eigenvalue weighted by atomic mass is 127. The number of allylic oxidation sites excluding steroid dienone is 3. The number of carbonyl (C=O) groups excluding carboxylic acids is 1. The average molecular weight is 446 g/mol. The maximum Gasteiger partial charge on any atom is 0.336 e. The number of pyridine rings is 1. The Bertz CT molecular complexity index is 852. The van der Waals surface area contributed by atoms with Gasteiger partial charge in [-0.1, -0.05) is 24.3 Å². The van der Waals surface area contributed by atoms with Crippen LogP contribution in [-0.4, -0.2) is 18.1 Å². The molecule has 25 heavy (non-hydrogen) atoms. The number of dihydropyridines is 1. The van der Waals surface area contributed by atoms with E-state index < -0.39 is 0 Å². The third-order valence-electron chi connectivity index (χ3n) is 4.21. The standard InChI is InChI=1S/C20H19IN2O2/c1-12-10-17(19(13(2)23-12)20(24)25-3)15-6-9-18(22-11-15)14-4-7-16(21)8-5-14/h4-11,17,23H,1-3H3. The third-order valence-corrected chi connectivity index (χ3v) is 4.93. The number of halogens is 1. The molecule has 0 fully saturated rings. The van der Waals surface area contributed by atoms with E-state index in [0.29, 0.717) is 5.57 Å². The minimum atomic E-state index is -0.319. The summed E-state index contributed by atoms with van der Waals surface area (Å²) in [5, 5.41) is 3.21. The van der Waals surface area contributed by atoms with E-state index in [1.54, 1.807) is 0 Å². The summed E-state index contributed by atoms with van der Waals surface area (Å²) in [4.78, 5) is 16.8. The molecule has 1 aromatic carbocycles. The molecule has 2 aromatic rings. The normalized spacial score (nSPS) is 17.0. The molecule has 0 bridgehead atoms. The molecular formula is C20H19IN2O2. The van der Waals surface area contributed by atoms with Crippen LogP contribution in [-0.2, 0) is 9.53 Å². The summed E-state index contributed by atoms with van der Waals surface area (Å²) in [5.74, 6) is -0.479. The molecule has 0 aliphatic carbocycles. The quantitative estimate of drug-likeness (QED) is 0.562. The van der Waals surface area contributed by atoms with Crippen LogP contribution < -0.4 is 5.32 Å². The highest BCUT2D eigenvalue weighted by Crippen LogP contribution is 2.33. The molecule has 1 aromatic heterocycles. The molecule has 5 heteroatoms. The molecule has 1 aliphatic rings. The van der Waals surface area contributed by atoms with Crippen molar-refractivity contribution < 1.29 is 9.53 Å². The maximum atomic E-state index is 12.2. The Morgan fingerprint density at radius 3 is 2.48 bits per heavy atom. The first-order chi connectivity index (χ1) is 12.0. The highest BCUT2D eigenvalue weighted by molar-refractivity contribution is 14.1. The summed E-state index contributed by atoms with van der Waals surface area (Å²) in [7, 11) is 1.41. The Morgan fingerprint density at radius 2 is 1.88 bits per heavy atom. The molecule has 1 atom stereocenters. The van der Waals surface area contributed by atoms with Crippen LogP contribution in [0.15, 0.2) is 65.6 Å². The number of hydrogen-bond acceptors (Lipinski definition) is 4. The zero-order chi connectivity index (χ0) is 18.0. The number of nitrogens with zero attached hydrogens (tertiary/aromatic N) is 1. The van der Waals surface area contributed by atoms with E-state index in [-0.39, 0.29) is 11.9 Å². The first-order valence-corrected chi connectivity index (χ1v) is 9.04. The van der Waals surface area contributed by atoms with Gasteiger partial charge in [0.2, 0.25) is 0 Å². The van der Waals surface area contributed by atoms with Crippen molar-refractivity contribution in [2.75, 3.05) is 7.11 Å². The van der Waals surface area contributed by atoms with Crippen LogP contribution in [0.5, 0.6) is 0 Å². The van der Waals surface area contributed by atoms with Gasteiger partial charge in [-0.15, -0.1) is 0 Å². The minimum absolute atomic E-state index is 0.160. The Kier molecular flexibility index (Phi) is 5.22. The van der Waals surface area contributed by atoms with Crippen LogP contribution >= 0.6 is 22.6 Å². The molecule has 128 valence electrons. The summed E-state index contributed by atoms with van der Waals surface area (Å²) in [6.45, 7) is 3.88. The molecule has 0 saturated carbocycles. The molecule has 1 aliphatic heterocycles. The first kappa shape index (κ1) is 17.7. The second kappa shape index (κ2) is 7.39. The van der Waals surface area contributed by atoms with Crippen molar-refractivity contribution in [2.45, 2.75) is 19.8 Å². The highest BCUT2D eigenvalue weighted by Gasteiger charge is 2.27. The summed E-state index contributed by atoms with van der Waals surface area (Å²) < 4.78 is 6.16. The predicted octanol–water partition coefficient (Wildman–Crippen LogP) is 4.39. The van der Waals surface area contributed by atoms with Gasteiger partial charge in [-0.3, -0.25) is 4.98 Å². The van der Waals surface area contributed by atoms with Gasteiger partial charge in [0.05, 0.1) is 18.4 Å². The smallest absolute Gasteiger partial charge is 0.336 e. The van der Waals surface area contributed by atoms with Crippen molar-refractivity contribution >= 4 is 28.6 Å². The molecule has 0 spiro atoms. The largest absolute Gasteiger partial charge is 0.466 e. The lowest BCUT2D eigenvalue weighted by molar-refractivity contribution is -0.136. The average Bonchev–Trinajstić information content (AvgIpc) is 2.61. The Hall–Kier alpha value is -2.15. The molecule has 3 rings (SSSR count). The molecular weight excluding hydrogens is 427 g/mol. The van der Waals surface area contributed by atoms with Crippen molar-refractivity contribution in [3.8, 4) is 11.3 Å². The van der Waals surface area contributed by atoms with Gasteiger partial charge < -0.3 is 10.1 Å². The summed E-state index contributed by atoms with van der Waals surface area (Å²) in [6, 6.07) is 12.3. The monoisotopic (exact) mass is 446 g/mol. The molecule has 1 N–H and O–H groups in total. The van der Waals surface area contributed by atoms with Gasteiger partial charge >= 0.3 is 5.97 Å². The van der Waals surface area contributed by atoms with Crippen molar-refractivity contribution in [1.29, 1.82) is 0 Å². The maximum absolute atomic E-state index is 12.2. The van der Waals surface area contributed by atoms with E-state index in [2.05, 4.69) is 57.2 Å². The number of nitrogens with one attached hydrogen (secondary N) is 1. The van der Waals surface area contributed by atoms with Gasteiger partial charge in [0.25, 0.3) is 0 Å². The van der Waals surface area contributed by atoms with Crippen molar-refractivity contribution in [3.05, 3.63) is 74.8 Å². The molecule has 4 nitrogen and oxygen atoms in total. The molecule has 1 unspecified atom stereocenters. The minimum Gasteiger partial charge on any atom is -0.466 e. The van der Waals surface area contributed by atoms with E-state index in [1.807, 2.05) is 38.3 Å². The number of aromatic nitrogens is 1. The Morgan fingerprint density at radius 1 is 1.16 bits per heavy atom. The molecule has 2 heterocycles. The van der Waals surface area contributed by atoms with Crippen LogP contribution in [0, 0.1) is 3.57 Å². The van der Waals surface area contributed by atoms with Crippen LogP contribution in [0.2, 0.25) is 0 Å². The number of carbonyl (C=O) groups is 1. The van der Waals surface area contributed by atoms with Crippen molar-refractivity contribution in [2.24, 2.45) is 0 Å². The van der Waals surface area contributed by atoms with Crippen LogP contribution in [0.4, 0.5) is 0 Å². The predicted molar refractivity (Wildman–Crippen MR) is 107 cm³/mol. The van der Waals surface area contributed by atoms with Crippen LogP contribution in [0.3, 0.4) is 0 Å². The third kappa shape index (κ3) is 3.76. The fourth-order valence-corrected chi connectivity index (χ4v) is 3.36. The SMILES string of the molecule is COC(=O)C1=C(C)NC(C)=CC1c1ccc(-c2ccc(I)cc2)nc1. The van der Waals surface area contributed by atoms with Crippen LogP contribution in [0.1, 0.15) is 25.3 Å². The van der Waals surface area contributed by atoms with Crippen molar-refractivity contribution in [1.82, 2.24) is 10.3 Å². The number of esters is 1. The van der Waals surface area contributed by atoms with E-state index >= 15 is 0 Å². The lowest BCUT2D eigenvalue weighted by atomic mass is 9.87. The fraction of sp³-hybridized carbons (Fsp3) is 0.200. The zero-order valence-electron chi connectivity index (χ0n) is 14.3. The van der Waals surface area contributed by atoms with Gasteiger partial charge in [-0.05, 0) is 60.2 Å². The van der Waals surface area contributed by atoms with E-state index in [9.17, 15) is 4.79 Å². The lowest BCUT2D eigenvalue weighted by Gasteiger charge is -2.25. The van der Waals surface area contributed by atoms with Gasteiger partial charge in [0.15, 0.2) is 0 Å². The lowest BCUT2D eigenvalue weighted by Crippen LogP contribution is -2.25. The second-order valence-electron chi connectivity index (χ2n) is 5.97. The number of hydrogen-bond donors (Lipinski definition) is 1. The first-order valence-electron chi connectivity index (χ1n) is 7.96. The zero-order valence-corrected chi connectivity index (χ0v) is 16.5. The number of methoxy groups -OCH3 is 1. The summed E-state index contributed by atoms with van der Waals surface area (Å²) in [5.41, 5.74) is 5.40. The van der Waals surface area contributed by atoms with Gasteiger partial charge in [-0.2, -0.15) is 0 Å². The van der Waals surface area contributed by atoms with E-state index in [0.717, 1.165) is 28.2 Å². The Balaban J connectivity index is 1.96. The van der Waals surface area contributed by atoms with Crippen molar-refractivity contribution in [3.63, 3.8) is 0 Å². The van der Waals surface area contributed by atoms with Crippen LogP contribution in [0.25, 0.3) is 11.3 Å². The molecule has 0 radical (unpaired) electrons. The van der Waals surface area contributed by atoms with E-state index in [4.69, 9.17) is 4.74 Å². The number of rotatable bonds is 3. The molecule has 0 saturated heterocycles. The summed E-state index contributed by atoms with van der Waals surface area (Å²) >= 11 is 2.28. The van der Waals surface area contributed by atoms with Gasteiger partial charge in [0, 0.05) is 32.6 Å². The van der Waals surface area contributed by atoms with Gasteiger partial charge in [0.1, 0.15) is 0 Å². The fourth-order valence-electron chi connectivity index (χ4n) is 3.00. The molecule has 0 amide bonds. The Labute approximate surface area is 161 Å². The number of benzene rings is 1.